The van der Waals surface area contributed by atoms with Gasteiger partial charge in [-0.2, -0.15) is 0 Å². The maximum absolute atomic E-state index is 10.1. The number of hydrogen-bond acceptors (Lipinski definition) is 4. The fourth-order valence-electron chi connectivity index (χ4n) is 1.54. The number of rotatable bonds is 7. The Hall–Kier alpha value is -0.160. The van der Waals surface area contributed by atoms with E-state index in [1.807, 2.05) is 6.92 Å². The van der Waals surface area contributed by atoms with E-state index in [-0.39, 0.29) is 19.1 Å². The zero-order valence-corrected chi connectivity index (χ0v) is 8.75. The van der Waals surface area contributed by atoms with Crippen molar-refractivity contribution in [3.8, 4) is 0 Å². The molecular weight excluding hydrogens is 170 g/mol. The summed E-state index contributed by atoms with van der Waals surface area (Å²) in [7, 11) is 3.12. The summed E-state index contributed by atoms with van der Waals surface area (Å²) in [5, 5.41) is 10.1. The number of hydrogen-bond donors (Lipinski definition) is 2. The van der Waals surface area contributed by atoms with Gasteiger partial charge in [-0.25, -0.2) is 0 Å². The molecule has 0 saturated heterocycles. The van der Waals surface area contributed by atoms with Crippen LogP contribution in [-0.4, -0.2) is 44.7 Å². The summed E-state index contributed by atoms with van der Waals surface area (Å²) >= 11 is 0. The van der Waals surface area contributed by atoms with E-state index >= 15 is 0 Å². The molecule has 80 valence electrons. The third-order valence-corrected chi connectivity index (χ3v) is 2.33. The lowest BCUT2D eigenvalue weighted by Crippen LogP contribution is -2.49. The van der Waals surface area contributed by atoms with Crippen molar-refractivity contribution in [1.82, 2.24) is 0 Å². The zero-order valence-electron chi connectivity index (χ0n) is 8.75. The number of aliphatic hydroxyl groups is 1. The van der Waals surface area contributed by atoms with Crippen LogP contribution >= 0.6 is 0 Å². The Kier molecular flexibility index (Phi) is 6.24. The number of ether oxygens (including phenoxy) is 2. The molecule has 0 aromatic rings. The monoisotopic (exact) mass is 191 g/mol. The molecule has 1 unspecified atom stereocenters. The summed E-state index contributed by atoms with van der Waals surface area (Å²) in [5.74, 6) is 0.0207. The maximum Gasteiger partial charge on any atom is 0.115 e. The lowest BCUT2D eigenvalue weighted by atomic mass is 9.86. The number of nitrogens with two attached hydrogens (primary N) is 1. The van der Waals surface area contributed by atoms with Crippen molar-refractivity contribution in [3.63, 3.8) is 0 Å². The van der Waals surface area contributed by atoms with Gasteiger partial charge in [-0.3, -0.25) is 0 Å². The van der Waals surface area contributed by atoms with Gasteiger partial charge in [0.1, 0.15) is 5.60 Å². The minimum Gasteiger partial charge on any atom is -0.385 e. The molecule has 0 fully saturated rings. The smallest absolute Gasteiger partial charge is 0.115 e. The normalized spacial score (nSPS) is 14.5. The average Bonchev–Trinajstić information content (AvgIpc) is 2.07. The van der Waals surface area contributed by atoms with Crippen LogP contribution in [-0.2, 0) is 9.47 Å². The van der Waals surface area contributed by atoms with Crippen molar-refractivity contribution >= 4 is 0 Å². The van der Waals surface area contributed by atoms with Crippen molar-refractivity contribution in [2.45, 2.75) is 18.9 Å². The van der Waals surface area contributed by atoms with Crippen LogP contribution < -0.4 is 5.73 Å². The first kappa shape index (κ1) is 12.8. The first-order chi connectivity index (χ1) is 6.14. The Balaban J connectivity index is 4.33. The first-order valence-corrected chi connectivity index (χ1v) is 4.55. The van der Waals surface area contributed by atoms with Gasteiger partial charge in [-0.05, 0) is 13.0 Å². The van der Waals surface area contributed by atoms with E-state index in [0.29, 0.717) is 6.54 Å². The van der Waals surface area contributed by atoms with Crippen LogP contribution in [0.25, 0.3) is 0 Å². The molecule has 13 heavy (non-hydrogen) atoms. The Morgan fingerprint density at radius 2 is 1.77 bits per heavy atom. The van der Waals surface area contributed by atoms with Gasteiger partial charge in [0.05, 0.1) is 13.2 Å². The lowest BCUT2D eigenvalue weighted by molar-refractivity contribution is -0.112. The molecule has 0 aromatic carbocycles. The molecule has 0 bridgehead atoms. The van der Waals surface area contributed by atoms with Crippen LogP contribution in [0.2, 0.25) is 0 Å². The standard InChI is InChI=1S/C9H21NO3/c1-4-8(5-10)9(11,6-12-2)7-13-3/h8,11H,4-7,10H2,1-3H3. The summed E-state index contributed by atoms with van der Waals surface area (Å²) in [5.41, 5.74) is 4.61. The molecule has 1 atom stereocenters. The van der Waals surface area contributed by atoms with Crippen molar-refractivity contribution in [2.24, 2.45) is 11.7 Å². The third-order valence-electron chi connectivity index (χ3n) is 2.33. The molecule has 0 saturated carbocycles. The van der Waals surface area contributed by atoms with Crippen molar-refractivity contribution in [1.29, 1.82) is 0 Å². The highest BCUT2D eigenvalue weighted by Gasteiger charge is 2.34. The first-order valence-electron chi connectivity index (χ1n) is 4.55. The largest absolute Gasteiger partial charge is 0.385 e. The molecule has 0 rings (SSSR count). The van der Waals surface area contributed by atoms with Gasteiger partial charge in [0, 0.05) is 20.1 Å². The molecule has 0 aliphatic carbocycles. The summed E-state index contributed by atoms with van der Waals surface area (Å²) in [6.45, 7) is 2.96. The SMILES string of the molecule is CCC(CN)C(O)(COC)COC. The van der Waals surface area contributed by atoms with Gasteiger partial charge in [0.25, 0.3) is 0 Å². The highest BCUT2D eigenvalue weighted by molar-refractivity contribution is 4.86. The maximum atomic E-state index is 10.1. The molecule has 3 N–H and O–H groups in total. The minimum absolute atomic E-state index is 0.0207. The molecule has 0 aliphatic heterocycles. The molecule has 4 nitrogen and oxygen atoms in total. The van der Waals surface area contributed by atoms with Gasteiger partial charge in [-0.15, -0.1) is 0 Å². The predicted octanol–water partition coefficient (Wildman–Crippen LogP) is -0.00480. The Bertz CT molecular complexity index is 120. The molecule has 0 radical (unpaired) electrons. The van der Waals surface area contributed by atoms with Gasteiger partial charge < -0.3 is 20.3 Å². The Morgan fingerprint density at radius 3 is 2.00 bits per heavy atom. The molecule has 0 heterocycles. The van der Waals surface area contributed by atoms with E-state index in [4.69, 9.17) is 15.2 Å². The van der Waals surface area contributed by atoms with Gasteiger partial charge in [0.15, 0.2) is 0 Å². The van der Waals surface area contributed by atoms with Gasteiger partial charge in [-0.1, -0.05) is 6.92 Å². The summed E-state index contributed by atoms with van der Waals surface area (Å²) in [4.78, 5) is 0. The quantitative estimate of drug-likeness (QED) is 0.594. The van der Waals surface area contributed by atoms with Crippen molar-refractivity contribution in [3.05, 3.63) is 0 Å². The highest BCUT2D eigenvalue weighted by Crippen LogP contribution is 2.20. The lowest BCUT2D eigenvalue weighted by Gasteiger charge is -2.33. The van der Waals surface area contributed by atoms with E-state index in [9.17, 15) is 5.11 Å². The zero-order chi connectivity index (χ0) is 10.3. The topological polar surface area (TPSA) is 64.7 Å². The van der Waals surface area contributed by atoms with Crippen molar-refractivity contribution in [2.75, 3.05) is 34.0 Å². The summed E-state index contributed by atoms with van der Waals surface area (Å²) in [6.07, 6.45) is 0.819. The van der Waals surface area contributed by atoms with E-state index in [1.54, 1.807) is 14.2 Å². The second-order valence-electron chi connectivity index (χ2n) is 3.31. The summed E-state index contributed by atoms with van der Waals surface area (Å²) in [6, 6.07) is 0. The van der Waals surface area contributed by atoms with Crippen LogP contribution in [0, 0.1) is 5.92 Å². The number of methoxy groups -OCH3 is 2. The summed E-state index contributed by atoms with van der Waals surface area (Å²) < 4.78 is 9.92. The average molecular weight is 191 g/mol. The second kappa shape index (κ2) is 6.32. The third kappa shape index (κ3) is 3.60. The molecular formula is C9H21NO3. The molecule has 0 aliphatic rings. The Labute approximate surface area is 80.0 Å². The van der Waals surface area contributed by atoms with E-state index < -0.39 is 5.60 Å². The second-order valence-corrected chi connectivity index (χ2v) is 3.31. The van der Waals surface area contributed by atoms with Crippen LogP contribution in [0.3, 0.4) is 0 Å². The van der Waals surface area contributed by atoms with E-state index in [1.165, 1.54) is 0 Å². The van der Waals surface area contributed by atoms with E-state index in [0.717, 1.165) is 6.42 Å². The van der Waals surface area contributed by atoms with Crippen LogP contribution in [0.4, 0.5) is 0 Å². The fraction of sp³-hybridized carbons (Fsp3) is 1.00. The van der Waals surface area contributed by atoms with Gasteiger partial charge >= 0.3 is 0 Å². The highest BCUT2D eigenvalue weighted by atomic mass is 16.5. The van der Waals surface area contributed by atoms with E-state index in [2.05, 4.69) is 0 Å². The van der Waals surface area contributed by atoms with Crippen LogP contribution in [0.1, 0.15) is 13.3 Å². The van der Waals surface area contributed by atoms with Crippen LogP contribution in [0.15, 0.2) is 0 Å². The van der Waals surface area contributed by atoms with Gasteiger partial charge in [0.2, 0.25) is 0 Å². The Morgan fingerprint density at radius 1 is 1.31 bits per heavy atom. The fourth-order valence-corrected chi connectivity index (χ4v) is 1.54. The molecule has 0 aromatic heterocycles. The molecule has 0 spiro atoms. The van der Waals surface area contributed by atoms with Crippen LogP contribution in [0.5, 0.6) is 0 Å². The minimum atomic E-state index is -0.951. The van der Waals surface area contributed by atoms with Crippen molar-refractivity contribution < 1.29 is 14.6 Å². The molecule has 4 heteroatoms. The predicted molar refractivity (Wildman–Crippen MR) is 51.5 cm³/mol. The molecule has 0 amide bonds.